The average molecular weight is 273 g/mol. The molecule has 0 radical (unpaired) electrons. The van der Waals surface area contributed by atoms with E-state index in [2.05, 4.69) is 0 Å². The number of benzene rings is 1. The number of aliphatic hydroxyl groups is 1. The Labute approximate surface area is 109 Å². The molecule has 0 heterocycles. The Morgan fingerprint density at radius 2 is 2.05 bits per heavy atom. The highest BCUT2D eigenvalue weighted by molar-refractivity contribution is 5.44. The van der Waals surface area contributed by atoms with Crippen LogP contribution in [0.3, 0.4) is 0 Å². The molecule has 1 rings (SSSR count). The first-order valence-corrected chi connectivity index (χ1v) is 5.75. The van der Waals surface area contributed by atoms with Crippen molar-refractivity contribution in [2.45, 2.75) is 38.7 Å². The average Bonchev–Trinajstić information content (AvgIpc) is 2.34. The maximum atomic E-state index is 12.7. The lowest BCUT2D eigenvalue weighted by Gasteiger charge is -2.21. The Balaban J connectivity index is 3.09. The van der Waals surface area contributed by atoms with E-state index in [-0.39, 0.29) is 5.75 Å². The fourth-order valence-corrected chi connectivity index (χ4v) is 1.63. The third-order valence-electron chi connectivity index (χ3n) is 2.64. The molecule has 2 unspecified atom stereocenters. The fraction of sp³-hybridized carbons (Fsp3) is 0.462. The smallest absolute Gasteiger partial charge is 0.417 e. The molecule has 3 nitrogen and oxygen atoms in total. The lowest BCUT2D eigenvalue weighted by Crippen LogP contribution is -2.28. The minimum absolute atomic E-state index is 0.0147. The van der Waals surface area contributed by atoms with E-state index in [1.807, 2.05) is 0 Å². The molecular weight excluding hydrogens is 259 g/mol. The van der Waals surface area contributed by atoms with E-state index in [1.165, 1.54) is 19.1 Å². The number of nitrogens with zero attached hydrogens (tertiary/aromatic N) is 1. The Bertz CT molecular complexity index is 478. The van der Waals surface area contributed by atoms with Crippen LogP contribution in [0, 0.1) is 11.3 Å². The molecule has 2 atom stereocenters. The molecule has 104 valence electrons. The third-order valence-corrected chi connectivity index (χ3v) is 2.64. The molecule has 0 aliphatic rings. The summed E-state index contributed by atoms with van der Waals surface area (Å²) in [4.78, 5) is 0. The summed E-state index contributed by atoms with van der Waals surface area (Å²) in [6.45, 7) is 3.26. The van der Waals surface area contributed by atoms with Crippen molar-refractivity contribution in [2.75, 3.05) is 0 Å². The number of ether oxygens (including phenoxy) is 1. The van der Waals surface area contributed by atoms with Gasteiger partial charge in [0.2, 0.25) is 0 Å². The van der Waals surface area contributed by atoms with E-state index in [9.17, 15) is 18.3 Å². The van der Waals surface area contributed by atoms with Crippen LogP contribution in [0.4, 0.5) is 13.2 Å². The van der Waals surface area contributed by atoms with Gasteiger partial charge >= 0.3 is 6.18 Å². The molecule has 0 saturated carbocycles. The topological polar surface area (TPSA) is 53.2 Å². The van der Waals surface area contributed by atoms with Gasteiger partial charge < -0.3 is 9.84 Å². The van der Waals surface area contributed by atoms with Gasteiger partial charge in [-0.15, -0.1) is 0 Å². The largest absolute Gasteiger partial charge is 0.488 e. The fourth-order valence-electron chi connectivity index (χ4n) is 1.63. The van der Waals surface area contributed by atoms with Crippen LogP contribution < -0.4 is 4.74 Å². The summed E-state index contributed by atoms with van der Waals surface area (Å²) in [6, 6.07) is 4.63. The Morgan fingerprint density at radius 3 is 2.47 bits per heavy atom. The molecule has 0 spiro atoms. The maximum absolute atomic E-state index is 12.7. The molecular formula is C13H14F3NO2. The van der Waals surface area contributed by atoms with Gasteiger partial charge in [0.25, 0.3) is 0 Å². The third kappa shape index (κ3) is 3.86. The van der Waals surface area contributed by atoms with Gasteiger partial charge in [0, 0.05) is 0 Å². The highest BCUT2D eigenvalue weighted by Crippen LogP contribution is 2.34. The molecule has 0 amide bonds. The monoisotopic (exact) mass is 273 g/mol. The Hall–Kier alpha value is -1.74. The molecule has 1 aromatic rings. The van der Waals surface area contributed by atoms with Gasteiger partial charge in [-0.3, -0.25) is 0 Å². The zero-order chi connectivity index (χ0) is 14.6. The van der Waals surface area contributed by atoms with Crippen LogP contribution in [0.25, 0.3) is 0 Å². The van der Waals surface area contributed by atoms with Crippen LogP contribution >= 0.6 is 0 Å². The summed E-state index contributed by atoms with van der Waals surface area (Å²) in [6.07, 6.45) is -5.54. The first-order chi connectivity index (χ1) is 8.79. The lowest BCUT2D eigenvalue weighted by atomic mass is 10.1. The van der Waals surface area contributed by atoms with Gasteiger partial charge in [-0.2, -0.15) is 18.4 Å². The first kappa shape index (κ1) is 15.3. The van der Waals surface area contributed by atoms with Crippen LogP contribution in [0.15, 0.2) is 18.2 Å². The zero-order valence-electron chi connectivity index (χ0n) is 10.5. The van der Waals surface area contributed by atoms with E-state index < -0.39 is 29.5 Å². The second-order valence-electron chi connectivity index (χ2n) is 4.12. The first-order valence-electron chi connectivity index (χ1n) is 5.75. The van der Waals surface area contributed by atoms with Gasteiger partial charge in [0.05, 0.1) is 23.3 Å². The van der Waals surface area contributed by atoms with Crippen LogP contribution in [-0.4, -0.2) is 17.3 Å². The number of rotatable bonds is 4. The summed E-state index contributed by atoms with van der Waals surface area (Å²) in [7, 11) is 0. The number of alkyl halides is 3. The van der Waals surface area contributed by atoms with E-state index >= 15 is 0 Å². The SMILES string of the molecule is CCC(Oc1ccc(C#N)c(C(F)(F)F)c1)C(C)O. The van der Waals surface area contributed by atoms with Crippen molar-refractivity contribution in [3.63, 3.8) is 0 Å². The molecule has 19 heavy (non-hydrogen) atoms. The Morgan fingerprint density at radius 1 is 1.42 bits per heavy atom. The summed E-state index contributed by atoms with van der Waals surface area (Å²) in [5, 5.41) is 18.1. The molecule has 0 fully saturated rings. The molecule has 0 aliphatic heterocycles. The summed E-state index contributed by atoms with van der Waals surface area (Å²) < 4.78 is 43.5. The second kappa shape index (κ2) is 5.93. The van der Waals surface area contributed by atoms with Crippen LogP contribution in [0.5, 0.6) is 5.75 Å². The van der Waals surface area contributed by atoms with Gasteiger partial charge in [-0.05, 0) is 31.5 Å². The molecule has 1 N–H and O–H groups in total. The molecule has 1 aromatic carbocycles. The zero-order valence-corrected chi connectivity index (χ0v) is 10.5. The van der Waals surface area contributed by atoms with Crippen molar-refractivity contribution >= 4 is 0 Å². The van der Waals surface area contributed by atoms with E-state index in [1.54, 1.807) is 6.92 Å². The molecule has 6 heteroatoms. The quantitative estimate of drug-likeness (QED) is 0.917. The molecule has 0 saturated heterocycles. The molecule has 0 aromatic heterocycles. The molecule has 0 aliphatic carbocycles. The van der Waals surface area contributed by atoms with Crippen molar-refractivity contribution in [3.8, 4) is 11.8 Å². The van der Waals surface area contributed by atoms with E-state index in [4.69, 9.17) is 10.00 Å². The second-order valence-corrected chi connectivity index (χ2v) is 4.12. The highest BCUT2D eigenvalue weighted by Gasteiger charge is 2.34. The number of hydrogen-bond donors (Lipinski definition) is 1. The van der Waals surface area contributed by atoms with Crippen LogP contribution in [0.2, 0.25) is 0 Å². The van der Waals surface area contributed by atoms with E-state index in [0.29, 0.717) is 6.42 Å². The molecule has 0 bridgehead atoms. The van der Waals surface area contributed by atoms with Crippen molar-refractivity contribution in [1.82, 2.24) is 0 Å². The van der Waals surface area contributed by atoms with Gasteiger partial charge in [-0.25, -0.2) is 0 Å². The minimum Gasteiger partial charge on any atom is -0.488 e. The highest BCUT2D eigenvalue weighted by atomic mass is 19.4. The Kier molecular flexibility index (Phi) is 4.78. The number of hydrogen-bond acceptors (Lipinski definition) is 3. The summed E-state index contributed by atoms with van der Waals surface area (Å²) >= 11 is 0. The normalized spacial score (nSPS) is 14.6. The van der Waals surface area contributed by atoms with E-state index in [0.717, 1.165) is 12.1 Å². The van der Waals surface area contributed by atoms with Crippen molar-refractivity contribution in [2.24, 2.45) is 0 Å². The van der Waals surface area contributed by atoms with Gasteiger partial charge in [0.15, 0.2) is 0 Å². The van der Waals surface area contributed by atoms with Crippen molar-refractivity contribution in [3.05, 3.63) is 29.3 Å². The van der Waals surface area contributed by atoms with Crippen molar-refractivity contribution in [1.29, 1.82) is 5.26 Å². The van der Waals surface area contributed by atoms with Crippen molar-refractivity contribution < 1.29 is 23.0 Å². The standard InChI is InChI=1S/C13H14F3NO2/c1-3-12(8(2)18)19-10-5-4-9(7-17)11(6-10)13(14,15)16/h4-6,8,12,18H,3H2,1-2H3. The lowest BCUT2D eigenvalue weighted by molar-refractivity contribution is -0.137. The minimum atomic E-state index is -4.61. The maximum Gasteiger partial charge on any atom is 0.417 e. The number of aliphatic hydroxyl groups excluding tert-OH is 1. The summed E-state index contributed by atoms with van der Waals surface area (Å²) in [5.41, 5.74) is -1.49. The van der Waals surface area contributed by atoms with Gasteiger partial charge in [0.1, 0.15) is 11.9 Å². The van der Waals surface area contributed by atoms with Crippen LogP contribution in [0.1, 0.15) is 31.4 Å². The predicted molar refractivity (Wildman–Crippen MR) is 62.5 cm³/mol. The summed E-state index contributed by atoms with van der Waals surface area (Å²) in [5.74, 6) is -0.0147. The number of nitriles is 1. The van der Waals surface area contributed by atoms with Crippen LogP contribution in [-0.2, 0) is 6.18 Å². The number of halogens is 3. The van der Waals surface area contributed by atoms with Gasteiger partial charge in [-0.1, -0.05) is 6.92 Å². The predicted octanol–water partition coefficient (Wildman–Crippen LogP) is 3.12.